The number of hydrogen-bond donors (Lipinski definition) is 1. The van der Waals surface area contributed by atoms with Gasteiger partial charge in [-0.15, -0.1) is 0 Å². The lowest BCUT2D eigenvalue weighted by Gasteiger charge is -2.25. The smallest absolute Gasteiger partial charge is 0.349 e. The number of carbonyl (C=O) groups is 1. The van der Waals surface area contributed by atoms with Gasteiger partial charge in [0, 0.05) is 36.7 Å². The molecule has 0 unspecified atom stereocenters. The molecule has 170 valence electrons. The second-order valence-corrected chi connectivity index (χ2v) is 8.25. The topological polar surface area (TPSA) is 54.9 Å². The van der Waals surface area contributed by atoms with E-state index in [0.717, 1.165) is 49.1 Å². The van der Waals surface area contributed by atoms with E-state index in [4.69, 9.17) is 0 Å². The summed E-state index contributed by atoms with van der Waals surface area (Å²) in [6, 6.07) is 14.1. The third kappa shape index (κ3) is 6.28. The zero-order valence-electron chi connectivity index (χ0n) is 18.0. The molecule has 1 aliphatic rings. The van der Waals surface area contributed by atoms with Crippen LogP contribution in [0.4, 0.5) is 13.2 Å². The Morgan fingerprint density at radius 3 is 2.55 bits per heavy atom. The number of nitrogens with one attached hydrogen (secondary N) is 1. The number of allylic oxidation sites excluding steroid dienone is 1. The number of hydrogen-bond acceptors (Lipinski definition) is 3. The van der Waals surface area contributed by atoms with Crippen LogP contribution in [0.5, 0.6) is 0 Å². The lowest BCUT2D eigenvalue weighted by Crippen LogP contribution is -2.36. The fraction of sp³-hybridized carbons (Fsp3) is 0.269. The highest BCUT2D eigenvalue weighted by Gasteiger charge is 2.30. The number of halogens is 3. The van der Waals surface area contributed by atoms with E-state index in [9.17, 15) is 18.0 Å². The number of rotatable bonds is 5. The van der Waals surface area contributed by atoms with Crippen LogP contribution in [0.2, 0.25) is 0 Å². The summed E-state index contributed by atoms with van der Waals surface area (Å²) < 4.78 is 38.1. The van der Waals surface area contributed by atoms with Crippen molar-refractivity contribution in [1.29, 1.82) is 0 Å². The van der Waals surface area contributed by atoms with Crippen molar-refractivity contribution in [3.8, 4) is 0 Å². The molecule has 1 fully saturated rings. The number of carbonyl (C=O) groups excluding carboxylic acids is 1. The van der Waals surface area contributed by atoms with Crippen LogP contribution in [-0.2, 0) is 12.6 Å². The summed E-state index contributed by atoms with van der Waals surface area (Å²) >= 11 is 0. The Morgan fingerprint density at radius 1 is 1.06 bits per heavy atom. The first-order valence-corrected chi connectivity index (χ1v) is 10.9. The molecular formula is C26H24F3N3O. The Kier molecular flexibility index (Phi) is 6.87. The summed E-state index contributed by atoms with van der Waals surface area (Å²) in [5, 5.41) is 3.09. The van der Waals surface area contributed by atoms with Gasteiger partial charge >= 0.3 is 6.18 Å². The van der Waals surface area contributed by atoms with E-state index in [1.807, 2.05) is 24.3 Å². The fourth-order valence-corrected chi connectivity index (χ4v) is 3.98. The highest BCUT2D eigenvalue weighted by Crippen LogP contribution is 2.29. The Bertz CT molecular complexity index is 1120. The van der Waals surface area contributed by atoms with E-state index in [1.165, 1.54) is 11.6 Å². The summed E-state index contributed by atoms with van der Waals surface area (Å²) in [7, 11) is 0. The molecule has 2 aromatic heterocycles. The van der Waals surface area contributed by atoms with Gasteiger partial charge in [0.05, 0.1) is 11.1 Å². The number of amides is 1. The average Bonchev–Trinajstić information content (AvgIpc) is 2.81. The first-order chi connectivity index (χ1) is 15.9. The molecule has 0 saturated heterocycles. The molecule has 3 aromatic rings. The Morgan fingerprint density at radius 2 is 1.88 bits per heavy atom. The van der Waals surface area contributed by atoms with Crippen molar-refractivity contribution >= 4 is 12.0 Å². The molecule has 2 heterocycles. The van der Waals surface area contributed by atoms with Gasteiger partial charge in [-0.2, -0.15) is 13.2 Å². The molecule has 1 aromatic carbocycles. The Labute approximate surface area is 190 Å². The summed E-state index contributed by atoms with van der Waals surface area (Å²) in [4.78, 5) is 20.3. The van der Waals surface area contributed by atoms with Crippen LogP contribution >= 0.6 is 0 Å². The number of alkyl halides is 3. The van der Waals surface area contributed by atoms with Crippen molar-refractivity contribution in [2.45, 2.75) is 44.3 Å². The van der Waals surface area contributed by atoms with Gasteiger partial charge in [0.15, 0.2) is 0 Å². The minimum atomic E-state index is -4.38. The van der Waals surface area contributed by atoms with Gasteiger partial charge in [0.25, 0.3) is 5.91 Å². The summed E-state index contributed by atoms with van der Waals surface area (Å²) in [6.45, 7) is 0. The zero-order valence-corrected chi connectivity index (χ0v) is 18.0. The molecule has 4 nitrogen and oxygen atoms in total. The highest BCUT2D eigenvalue weighted by atomic mass is 19.4. The van der Waals surface area contributed by atoms with Gasteiger partial charge in [-0.1, -0.05) is 35.9 Å². The maximum absolute atomic E-state index is 12.7. The van der Waals surface area contributed by atoms with Crippen molar-refractivity contribution in [2.24, 2.45) is 0 Å². The normalized spacial score (nSPS) is 16.3. The molecule has 0 radical (unpaired) electrons. The van der Waals surface area contributed by atoms with Crippen molar-refractivity contribution in [3.05, 3.63) is 101 Å². The number of nitrogens with zero attached hydrogens (tertiary/aromatic N) is 2. The minimum Gasteiger partial charge on any atom is -0.349 e. The number of aromatic nitrogens is 2. The van der Waals surface area contributed by atoms with Gasteiger partial charge in [-0.05, 0) is 61.1 Å². The van der Waals surface area contributed by atoms with Crippen LogP contribution in [-0.4, -0.2) is 21.9 Å². The Hall–Kier alpha value is -3.48. The van der Waals surface area contributed by atoms with Gasteiger partial charge < -0.3 is 5.32 Å². The molecule has 4 rings (SSSR count). The van der Waals surface area contributed by atoms with E-state index >= 15 is 0 Å². The quantitative estimate of drug-likeness (QED) is 0.530. The second-order valence-electron chi connectivity index (χ2n) is 8.25. The molecule has 33 heavy (non-hydrogen) atoms. The van der Waals surface area contributed by atoms with Crippen molar-refractivity contribution < 1.29 is 18.0 Å². The predicted octanol–water partition coefficient (Wildman–Crippen LogP) is 5.84. The SMILES string of the molecule is O=C(NC1CCC(=Cc2cccc(Cc3ccc(C(F)(F)F)cn3)c2)CC1)c1cccnc1. The average molecular weight is 451 g/mol. The molecule has 0 bridgehead atoms. The molecule has 7 heteroatoms. The molecule has 1 amide bonds. The van der Waals surface area contributed by atoms with E-state index in [2.05, 4.69) is 21.4 Å². The van der Waals surface area contributed by atoms with E-state index in [1.54, 1.807) is 24.5 Å². The van der Waals surface area contributed by atoms with Crippen LogP contribution in [0, 0.1) is 0 Å². The monoisotopic (exact) mass is 451 g/mol. The second kappa shape index (κ2) is 9.98. The number of benzene rings is 1. The summed E-state index contributed by atoms with van der Waals surface area (Å²) in [5.41, 5.74) is 3.81. The molecule has 1 aliphatic carbocycles. The third-order valence-electron chi connectivity index (χ3n) is 5.75. The maximum atomic E-state index is 12.7. The van der Waals surface area contributed by atoms with Crippen molar-refractivity contribution in [2.75, 3.05) is 0 Å². The third-order valence-corrected chi connectivity index (χ3v) is 5.75. The van der Waals surface area contributed by atoms with E-state index in [-0.39, 0.29) is 11.9 Å². The van der Waals surface area contributed by atoms with E-state index < -0.39 is 11.7 Å². The van der Waals surface area contributed by atoms with Gasteiger partial charge in [0.1, 0.15) is 0 Å². The minimum absolute atomic E-state index is 0.0925. The Balaban J connectivity index is 1.34. The zero-order chi connectivity index (χ0) is 23.3. The largest absolute Gasteiger partial charge is 0.417 e. The van der Waals surface area contributed by atoms with Crippen molar-refractivity contribution in [3.63, 3.8) is 0 Å². The van der Waals surface area contributed by atoms with Crippen LogP contribution < -0.4 is 5.32 Å². The highest BCUT2D eigenvalue weighted by molar-refractivity contribution is 5.94. The van der Waals surface area contributed by atoms with Gasteiger partial charge in [-0.3, -0.25) is 14.8 Å². The standard InChI is InChI=1S/C26H24F3N3O/c27-26(28,29)22-8-11-24(31-17-22)15-20-4-1-3-19(14-20)13-18-6-9-23(10-7-18)32-25(33)21-5-2-12-30-16-21/h1-5,8,11-14,16-17,23H,6-7,9-10,15H2,(H,32,33). The molecule has 0 spiro atoms. The van der Waals surface area contributed by atoms with Gasteiger partial charge in [-0.25, -0.2) is 0 Å². The molecule has 0 atom stereocenters. The molecule has 1 saturated carbocycles. The van der Waals surface area contributed by atoms with E-state index in [0.29, 0.717) is 17.7 Å². The molecule has 1 N–H and O–H groups in total. The van der Waals surface area contributed by atoms with Crippen molar-refractivity contribution in [1.82, 2.24) is 15.3 Å². The maximum Gasteiger partial charge on any atom is 0.417 e. The van der Waals surface area contributed by atoms with Gasteiger partial charge in [0.2, 0.25) is 0 Å². The van der Waals surface area contributed by atoms with Crippen LogP contribution in [0.1, 0.15) is 58.4 Å². The summed E-state index contributed by atoms with van der Waals surface area (Å²) in [5.74, 6) is -0.0925. The van der Waals surface area contributed by atoms with Crippen LogP contribution in [0.3, 0.4) is 0 Å². The predicted molar refractivity (Wildman–Crippen MR) is 120 cm³/mol. The number of pyridine rings is 2. The molecule has 0 aliphatic heterocycles. The first kappa shape index (κ1) is 22.7. The lowest BCUT2D eigenvalue weighted by molar-refractivity contribution is -0.137. The van der Waals surface area contributed by atoms with Crippen LogP contribution in [0.15, 0.2) is 72.7 Å². The first-order valence-electron chi connectivity index (χ1n) is 10.9. The lowest BCUT2D eigenvalue weighted by atomic mass is 9.89. The summed E-state index contributed by atoms with van der Waals surface area (Å²) in [6.07, 6.45) is 5.93. The van der Waals surface area contributed by atoms with Crippen LogP contribution in [0.25, 0.3) is 6.08 Å². The fourth-order valence-electron chi connectivity index (χ4n) is 3.98. The molecular weight excluding hydrogens is 427 g/mol.